The second-order valence-corrected chi connectivity index (χ2v) is 3.61. The van der Waals surface area contributed by atoms with Crippen molar-refractivity contribution in [2.45, 2.75) is 18.9 Å². The summed E-state index contributed by atoms with van der Waals surface area (Å²) in [5, 5.41) is 5.76. The summed E-state index contributed by atoms with van der Waals surface area (Å²) in [5.41, 5.74) is 2.33. The Balaban J connectivity index is 1.80. The van der Waals surface area contributed by atoms with Gasteiger partial charge in [0.05, 0.1) is 6.54 Å². The molecule has 0 spiro atoms. The lowest BCUT2D eigenvalue weighted by atomic mass is 10.5. The van der Waals surface area contributed by atoms with Gasteiger partial charge in [0, 0.05) is 12.2 Å². The van der Waals surface area contributed by atoms with Crippen molar-refractivity contribution in [2.75, 3.05) is 17.3 Å². The number of hydrogen-bond acceptors (Lipinski definition) is 6. The first-order valence-electron chi connectivity index (χ1n) is 5.11. The van der Waals surface area contributed by atoms with Crippen LogP contribution in [-0.4, -0.2) is 28.5 Å². The first kappa shape index (κ1) is 10.6. The van der Waals surface area contributed by atoms with Crippen molar-refractivity contribution in [3.8, 4) is 0 Å². The maximum Gasteiger partial charge on any atom is 0.239 e. The first-order chi connectivity index (χ1) is 7.78. The Hall–Kier alpha value is -1.89. The molecule has 1 fully saturated rings. The first-order valence-corrected chi connectivity index (χ1v) is 5.11. The van der Waals surface area contributed by atoms with Crippen molar-refractivity contribution in [1.82, 2.24) is 15.3 Å². The number of hydrogen-bond donors (Lipinski definition) is 4. The lowest BCUT2D eigenvalue weighted by Crippen LogP contribution is -2.31. The van der Waals surface area contributed by atoms with Gasteiger partial charge in [0.2, 0.25) is 11.9 Å². The van der Waals surface area contributed by atoms with Crippen LogP contribution in [0.4, 0.5) is 11.8 Å². The number of carbonyl (C=O) groups is 1. The minimum atomic E-state index is -0.0247. The molecule has 86 valence electrons. The van der Waals surface area contributed by atoms with Crippen LogP contribution in [0.3, 0.4) is 0 Å². The van der Waals surface area contributed by atoms with E-state index < -0.39 is 0 Å². The van der Waals surface area contributed by atoms with E-state index in [-0.39, 0.29) is 12.5 Å². The number of nitrogens with zero attached hydrogens (tertiary/aromatic N) is 2. The SMILES string of the molecule is NNc1nccc(NCC(=O)NC2CC2)n1. The van der Waals surface area contributed by atoms with Crippen molar-refractivity contribution in [3.05, 3.63) is 12.3 Å². The third kappa shape index (κ3) is 3.06. The molecule has 0 aromatic carbocycles. The number of amides is 1. The fourth-order valence-electron chi connectivity index (χ4n) is 1.20. The Morgan fingerprint density at radius 1 is 1.56 bits per heavy atom. The molecule has 1 heterocycles. The Morgan fingerprint density at radius 2 is 2.38 bits per heavy atom. The Labute approximate surface area is 92.8 Å². The van der Waals surface area contributed by atoms with E-state index in [9.17, 15) is 4.79 Å². The average Bonchev–Trinajstić information content (AvgIpc) is 3.10. The van der Waals surface area contributed by atoms with Gasteiger partial charge < -0.3 is 10.6 Å². The second-order valence-electron chi connectivity index (χ2n) is 3.61. The van der Waals surface area contributed by atoms with E-state index in [0.29, 0.717) is 17.8 Å². The van der Waals surface area contributed by atoms with E-state index in [2.05, 4.69) is 26.0 Å². The number of aromatic nitrogens is 2. The van der Waals surface area contributed by atoms with Gasteiger partial charge in [-0.05, 0) is 18.9 Å². The summed E-state index contributed by atoms with van der Waals surface area (Å²) in [6.07, 6.45) is 3.73. The van der Waals surface area contributed by atoms with E-state index >= 15 is 0 Å². The van der Waals surface area contributed by atoms with E-state index in [0.717, 1.165) is 12.8 Å². The fraction of sp³-hybridized carbons (Fsp3) is 0.444. The quantitative estimate of drug-likeness (QED) is 0.393. The molecule has 0 saturated heterocycles. The van der Waals surface area contributed by atoms with Crippen LogP contribution in [0.2, 0.25) is 0 Å². The van der Waals surface area contributed by atoms with Gasteiger partial charge in [0.1, 0.15) is 5.82 Å². The zero-order valence-electron chi connectivity index (χ0n) is 8.73. The number of nitrogens with two attached hydrogens (primary N) is 1. The van der Waals surface area contributed by atoms with E-state index in [1.165, 1.54) is 0 Å². The average molecular weight is 222 g/mol. The van der Waals surface area contributed by atoms with Gasteiger partial charge in [-0.3, -0.25) is 10.2 Å². The summed E-state index contributed by atoms with van der Waals surface area (Å²) in [5.74, 6) is 6.02. The molecule has 1 aliphatic carbocycles. The van der Waals surface area contributed by atoms with Gasteiger partial charge in [0.25, 0.3) is 0 Å². The molecule has 2 rings (SSSR count). The van der Waals surface area contributed by atoms with Gasteiger partial charge >= 0.3 is 0 Å². The second kappa shape index (κ2) is 4.75. The molecule has 0 bridgehead atoms. The van der Waals surface area contributed by atoms with Gasteiger partial charge in [-0.2, -0.15) is 4.98 Å². The van der Waals surface area contributed by atoms with Crippen molar-refractivity contribution in [1.29, 1.82) is 0 Å². The lowest BCUT2D eigenvalue weighted by molar-refractivity contribution is -0.119. The largest absolute Gasteiger partial charge is 0.361 e. The minimum Gasteiger partial charge on any atom is -0.361 e. The maximum absolute atomic E-state index is 11.4. The predicted molar refractivity (Wildman–Crippen MR) is 59.5 cm³/mol. The third-order valence-electron chi connectivity index (χ3n) is 2.16. The normalized spacial score (nSPS) is 14.3. The molecule has 5 N–H and O–H groups in total. The molecular formula is C9H14N6O. The Bertz CT molecular complexity index is 378. The van der Waals surface area contributed by atoms with Crippen molar-refractivity contribution >= 4 is 17.7 Å². The molecule has 16 heavy (non-hydrogen) atoms. The number of carbonyl (C=O) groups excluding carboxylic acids is 1. The highest BCUT2D eigenvalue weighted by Gasteiger charge is 2.22. The van der Waals surface area contributed by atoms with Gasteiger partial charge in [-0.1, -0.05) is 0 Å². The molecule has 1 aromatic rings. The molecule has 0 aliphatic heterocycles. The van der Waals surface area contributed by atoms with Crippen LogP contribution in [0.1, 0.15) is 12.8 Å². The molecule has 1 amide bonds. The topological polar surface area (TPSA) is 105 Å². The Kier molecular flexibility index (Phi) is 3.16. The Morgan fingerprint density at radius 3 is 3.06 bits per heavy atom. The van der Waals surface area contributed by atoms with Gasteiger partial charge in [-0.15, -0.1) is 0 Å². The molecule has 0 atom stereocenters. The number of nitrogen functional groups attached to an aromatic ring is 1. The number of anilines is 2. The maximum atomic E-state index is 11.4. The minimum absolute atomic E-state index is 0.0247. The number of rotatable bonds is 5. The molecule has 7 nitrogen and oxygen atoms in total. The lowest BCUT2D eigenvalue weighted by Gasteiger charge is -2.06. The van der Waals surface area contributed by atoms with Crippen molar-refractivity contribution in [2.24, 2.45) is 5.84 Å². The van der Waals surface area contributed by atoms with Crippen LogP contribution in [0.25, 0.3) is 0 Å². The summed E-state index contributed by atoms with van der Waals surface area (Å²) in [6.45, 7) is 0.206. The summed E-state index contributed by atoms with van der Waals surface area (Å²) in [4.78, 5) is 19.2. The summed E-state index contributed by atoms with van der Waals surface area (Å²) in [6, 6.07) is 2.05. The van der Waals surface area contributed by atoms with Crippen molar-refractivity contribution < 1.29 is 4.79 Å². The molecule has 1 aromatic heterocycles. The molecule has 0 unspecified atom stereocenters. The standard InChI is InChI=1S/C9H14N6O/c10-15-9-11-4-3-7(14-9)12-5-8(16)13-6-1-2-6/h3-4,6H,1-2,5,10H2,(H,13,16)(H2,11,12,14,15). The monoisotopic (exact) mass is 222 g/mol. The molecule has 1 aliphatic rings. The zero-order chi connectivity index (χ0) is 11.4. The van der Waals surface area contributed by atoms with Crippen LogP contribution in [-0.2, 0) is 4.79 Å². The molecule has 7 heteroatoms. The highest BCUT2D eigenvalue weighted by Crippen LogP contribution is 2.18. The van der Waals surface area contributed by atoms with E-state index in [4.69, 9.17) is 5.84 Å². The highest BCUT2D eigenvalue weighted by atomic mass is 16.2. The van der Waals surface area contributed by atoms with E-state index in [1.54, 1.807) is 12.3 Å². The van der Waals surface area contributed by atoms with Gasteiger partial charge in [-0.25, -0.2) is 10.8 Å². The van der Waals surface area contributed by atoms with Crippen molar-refractivity contribution in [3.63, 3.8) is 0 Å². The third-order valence-corrected chi connectivity index (χ3v) is 2.16. The van der Waals surface area contributed by atoms with Gasteiger partial charge in [0.15, 0.2) is 0 Å². The smallest absolute Gasteiger partial charge is 0.239 e. The molecule has 0 radical (unpaired) electrons. The highest BCUT2D eigenvalue weighted by molar-refractivity contribution is 5.80. The molecular weight excluding hydrogens is 208 g/mol. The molecule has 1 saturated carbocycles. The summed E-state index contributed by atoms with van der Waals surface area (Å²) >= 11 is 0. The zero-order valence-corrected chi connectivity index (χ0v) is 8.73. The van der Waals surface area contributed by atoms with Crippen LogP contribution in [0, 0.1) is 0 Å². The van der Waals surface area contributed by atoms with E-state index in [1.807, 2.05) is 0 Å². The number of hydrazine groups is 1. The predicted octanol–water partition coefficient (Wildman–Crippen LogP) is -0.547. The van der Waals surface area contributed by atoms with Crippen LogP contribution >= 0.6 is 0 Å². The van der Waals surface area contributed by atoms with Crippen LogP contribution < -0.4 is 21.9 Å². The number of nitrogens with one attached hydrogen (secondary N) is 3. The fourth-order valence-corrected chi connectivity index (χ4v) is 1.20. The van der Waals surface area contributed by atoms with Crippen LogP contribution in [0.15, 0.2) is 12.3 Å². The summed E-state index contributed by atoms with van der Waals surface area (Å²) in [7, 11) is 0. The summed E-state index contributed by atoms with van der Waals surface area (Å²) < 4.78 is 0. The van der Waals surface area contributed by atoms with Crippen LogP contribution in [0.5, 0.6) is 0 Å².